The fourth-order valence-corrected chi connectivity index (χ4v) is 5.16. The number of hydrogen-bond acceptors (Lipinski definition) is 7. The van der Waals surface area contributed by atoms with Crippen molar-refractivity contribution < 1.29 is 46.1 Å². The molecule has 2 aliphatic carbocycles. The highest BCUT2D eigenvalue weighted by Gasteiger charge is 2.59. The van der Waals surface area contributed by atoms with Crippen molar-refractivity contribution in [1.82, 2.24) is 10.3 Å². The number of nitrogens with two attached hydrogens (primary N) is 1. The highest BCUT2D eigenvalue weighted by Crippen LogP contribution is 2.52. The lowest BCUT2D eigenvalue weighted by Gasteiger charge is -2.31. The van der Waals surface area contributed by atoms with E-state index in [0.717, 1.165) is 37.1 Å². The molecular formula is C30H28F5N3O5. The largest absolute Gasteiger partial charge is 0.493 e. The van der Waals surface area contributed by atoms with Crippen LogP contribution in [0.2, 0.25) is 0 Å². The van der Waals surface area contributed by atoms with Crippen molar-refractivity contribution in [2.75, 3.05) is 20.3 Å². The minimum atomic E-state index is -4.96. The van der Waals surface area contributed by atoms with Gasteiger partial charge in [0.2, 0.25) is 0 Å². The third kappa shape index (κ3) is 5.24. The number of halogens is 5. The maximum absolute atomic E-state index is 14.2. The standard InChI is InChI=1S/C30H28F5N3O5/c1-41-23-11-16(3-9-22(23)43-18-6-7-18)27(39)37-13-28(40,17-4-5-17)24-12-19-26(42-14-29(19,36)30(33,34)35)25(38-24)15-2-8-20(31)21(32)10-15/h2-3,8-12,17-18,40H,4-7,13-14,36H2,1H3,(H,37,39)/t28-,29+/m1/s1. The average molecular weight is 606 g/mol. The Bertz CT molecular complexity index is 1590. The smallest absolute Gasteiger partial charge is 0.414 e. The molecule has 0 saturated heterocycles. The van der Waals surface area contributed by atoms with Gasteiger partial charge < -0.3 is 30.4 Å². The SMILES string of the molecule is COc1cc(C(=O)NC[C@](O)(c2cc3c(c(-c4ccc(F)c(F)c4)n2)OC[C@@]3(N)C(F)(F)F)C2CC2)ccc1OC1CC1. The van der Waals surface area contributed by atoms with Gasteiger partial charge in [-0.1, -0.05) is 0 Å². The van der Waals surface area contributed by atoms with Gasteiger partial charge in [-0.05, 0) is 74.1 Å². The molecule has 2 fully saturated rings. The first-order chi connectivity index (χ1) is 20.3. The van der Waals surface area contributed by atoms with Crippen molar-refractivity contribution in [2.24, 2.45) is 11.7 Å². The number of ether oxygens (including phenoxy) is 3. The van der Waals surface area contributed by atoms with Gasteiger partial charge in [-0.25, -0.2) is 13.8 Å². The van der Waals surface area contributed by atoms with E-state index in [-0.39, 0.29) is 34.4 Å². The molecule has 2 aromatic carbocycles. The van der Waals surface area contributed by atoms with Crippen LogP contribution in [-0.4, -0.2) is 48.5 Å². The Hall–Kier alpha value is -3.97. The molecule has 3 aromatic rings. The second-order valence-corrected chi connectivity index (χ2v) is 11.2. The lowest BCUT2D eigenvalue weighted by Crippen LogP contribution is -2.52. The molecule has 1 aromatic heterocycles. The van der Waals surface area contributed by atoms with Crippen LogP contribution in [0.1, 0.15) is 47.3 Å². The predicted molar refractivity (Wildman–Crippen MR) is 143 cm³/mol. The zero-order chi connectivity index (χ0) is 30.7. The molecular weight excluding hydrogens is 577 g/mol. The van der Waals surface area contributed by atoms with Gasteiger partial charge in [0.15, 0.2) is 34.4 Å². The summed E-state index contributed by atoms with van der Waals surface area (Å²) in [5.74, 6) is -2.97. The molecule has 8 nitrogen and oxygen atoms in total. The molecule has 1 aliphatic heterocycles. The molecule has 2 heterocycles. The summed E-state index contributed by atoms with van der Waals surface area (Å²) in [6.45, 7) is -1.39. The quantitative estimate of drug-likeness (QED) is 0.303. The number of aliphatic hydroxyl groups is 1. The Morgan fingerprint density at radius 2 is 1.84 bits per heavy atom. The fraction of sp³-hybridized carbons (Fsp3) is 0.400. The van der Waals surface area contributed by atoms with Crippen LogP contribution in [0.3, 0.4) is 0 Å². The molecule has 0 radical (unpaired) electrons. The summed E-state index contributed by atoms with van der Waals surface area (Å²) in [7, 11) is 1.44. The molecule has 0 spiro atoms. The van der Waals surface area contributed by atoms with E-state index in [1.165, 1.54) is 19.2 Å². The molecule has 0 bridgehead atoms. The number of methoxy groups -OCH3 is 1. The maximum atomic E-state index is 14.2. The van der Waals surface area contributed by atoms with Crippen molar-refractivity contribution in [3.05, 3.63) is 70.9 Å². The van der Waals surface area contributed by atoms with E-state index >= 15 is 0 Å². The number of rotatable bonds is 9. The summed E-state index contributed by atoms with van der Waals surface area (Å²) in [6.07, 6.45) is -1.97. The zero-order valence-corrected chi connectivity index (χ0v) is 22.9. The fourth-order valence-electron chi connectivity index (χ4n) is 5.16. The number of aromatic nitrogens is 1. The van der Waals surface area contributed by atoms with Crippen molar-refractivity contribution in [2.45, 2.75) is 49.1 Å². The van der Waals surface area contributed by atoms with Crippen molar-refractivity contribution >= 4 is 5.91 Å². The molecule has 0 unspecified atom stereocenters. The molecule has 2 saturated carbocycles. The number of benzene rings is 2. The first-order valence-corrected chi connectivity index (χ1v) is 13.7. The number of carbonyl (C=O) groups excluding carboxylic acids is 1. The Kier molecular flexibility index (Phi) is 7.00. The van der Waals surface area contributed by atoms with E-state index in [2.05, 4.69) is 10.3 Å². The first-order valence-electron chi connectivity index (χ1n) is 13.7. The first kappa shape index (κ1) is 29.1. The zero-order valence-electron chi connectivity index (χ0n) is 22.9. The van der Waals surface area contributed by atoms with Gasteiger partial charge in [-0.3, -0.25) is 4.79 Å². The normalized spacial score (nSPS) is 21.0. The van der Waals surface area contributed by atoms with E-state index in [9.17, 15) is 31.9 Å². The van der Waals surface area contributed by atoms with Crippen molar-refractivity contribution in [3.63, 3.8) is 0 Å². The molecule has 4 N–H and O–H groups in total. The van der Waals surface area contributed by atoms with Gasteiger partial charge >= 0.3 is 6.18 Å². The number of pyridine rings is 1. The summed E-state index contributed by atoms with van der Waals surface area (Å²) in [5, 5.41) is 14.6. The van der Waals surface area contributed by atoms with Crippen molar-refractivity contribution in [1.29, 1.82) is 0 Å². The van der Waals surface area contributed by atoms with Crippen LogP contribution in [0, 0.1) is 17.6 Å². The Morgan fingerprint density at radius 1 is 1.09 bits per heavy atom. The highest BCUT2D eigenvalue weighted by atomic mass is 19.4. The highest BCUT2D eigenvalue weighted by molar-refractivity contribution is 5.95. The van der Waals surface area contributed by atoms with Crippen molar-refractivity contribution in [3.8, 4) is 28.5 Å². The van der Waals surface area contributed by atoms with Crippen LogP contribution in [0.25, 0.3) is 11.3 Å². The number of hydrogen-bond donors (Lipinski definition) is 3. The lowest BCUT2D eigenvalue weighted by molar-refractivity contribution is -0.191. The number of fused-ring (bicyclic) bond motifs is 1. The van der Waals surface area contributed by atoms with E-state index < -0.39 is 59.5 Å². The molecule has 13 heteroatoms. The molecule has 2 atom stereocenters. The number of carbonyl (C=O) groups is 1. The summed E-state index contributed by atoms with van der Waals surface area (Å²) in [6, 6.07) is 8.37. The Labute approximate surface area is 243 Å². The lowest BCUT2D eigenvalue weighted by atomic mass is 9.86. The maximum Gasteiger partial charge on any atom is 0.414 e. The summed E-state index contributed by atoms with van der Waals surface area (Å²) in [4.78, 5) is 17.6. The van der Waals surface area contributed by atoms with Gasteiger partial charge in [-0.2, -0.15) is 13.2 Å². The molecule has 3 aliphatic rings. The number of nitrogens with one attached hydrogen (secondary N) is 1. The van der Waals surface area contributed by atoms with Crippen LogP contribution in [0.4, 0.5) is 22.0 Å². The molecule has 6 rings (SSSR count). The van der Waals surface area contributed by atoms with Gasteiger partial charge in [0.25, 0.3) is 5.91 Å². The predicted octanol–water partition coefficient (Wildman–Crippen LogP) is 4.71. The van der Waals surface area contributed by atoms with Crippen LogP contribution in [0.15, 0.2) is 42.5 Å². The van der Waals surface area contributed by atoms with Gasteiger partial charge in [-0.15, -0.1) is 0 Å². The summed E-state index contributed by atoms with van der Waals surface area (Å²) >= 11 is 0. The van der Waals surface area contributed by atoms with E-state index in [1.54, 1.807) is 6.07 Å². The molecule has 1 amide bonds. The summed E-state index contributed by atoms with van der Waals surface area (Å²) < 4.78 is 87.0. The second kappa shape index (κ2) is 10.3. The van der Waals surface area contributed by atoms with E-state index in [4.69, 9.17) is 19.9 Å². The monoisotopic (exact) mass is 605 g/mol. The minimum Gasteiger partial charge on any atom is -0.493 e. The second-order valence-electron chi connectivity index (χ2n) is 11.2. The van der Waals surface area contributed by atoms with Gasteiger partial charge in [0, 0.05) is 16.7 Å². The minimum absolute atomic E-state index is 0.0776. The third-order valence-corrected chi connectivity index (χ3v) is 8.06. The van der Waals surface area contributed by atoms with Crippen LogP contribution >= 0.6 is 0 Å². The van der Waals surface area contributed by atoms with E-state index in [0.29, 0.717) is 24.3 Å². The third-order valence-electron chi connectivity index (χ3n) is 8.06. The van der Waals surface area contributed by atoms with Gasteiger partial charge in [0.1, 0.15) is 17.9 Å². The van der Waals surface area contributed by atoms with Gasteiger partial charge in [0.05, 0.1) is 25.5 Å². The summed E-state index contributed by atoms with van der Waals surface area (Å²) in [5.41, 5.74) is 0.111. The molecule has 228 valence electrons. The van der Waals surface area contributed by atoms with E-state index in [1.807, 2.05) is 0 Å². The Balaban J connectivity index is 1.36. The number of alkyl halides is 3. The molecule has 43 heavy (non-hydrogen) atoms. The topological polar surface area (TPSA) is 116 Å². The average Bonchev–Trinajstić information content (AvgIpc) is 3.91. The Morgan fingerprint density at radius 3 is 2.47 bits per heavy atom. The van der Waals surface area contributed by atoms with Crippen LogP contribution in [-0.2, 0) is 11.1 Å². The number of nitrogens with zero attached hydrogens (tertiary/aromatic N) is 1. The van der Waals surface area contributed by atoms with Crippen LogP contribution in [0.5, 0.6) is 17.2 Å². The van der Waals surface area contributed by atoms with Crippen LogP contribution < -0.4 is 25.3 Å². The number of amides is 1.